The van der Waals surface area contributed by atoms with E-state index in [1.54, 1.807) is 24.3 Å². The highest BCUT2D eigenvalue weighted by Gasteiger charge is 2.83. The highest BCUT2D eigenvalue weighted by molar-refractivity contribution is 6.35. The maximum Gasteiger partial charge on any atom is 0.287 e. The molecule has 1 aromatic carbocycles. The molecule has 0 unspecified atom stereocenters. The summed E-state index contributed by atoms with van der Waals surface area (Å²) in [5, 5.41) is 17.8. The van der Waals surface area contributed by atoms with E-state index in [0.717, 1.165) is 0 Å². The van der Waals surface area contributed by atoms with Gasteiger partial charge in [0.25, 0.3) is 11.2 Å². The minimum atomic E-state index is -1.96. The maximum atomic E-state index is 12.1. The zero-order valence-corrected chi connectivity index (χ0v) is 8.43. The van der Waals surface area contributed by atoms with Crippen LogP contribution in [0.25, 0.3) is 0 Å². The molecule has 0 N–H and O–H groups in total. The van der Waals surface area contributed by atoms with Crippen molar-refractivity contribution in [2.45, 2.75) is 11.2 Å². The number of Topliss-reactive ketones (excluding diaryl/α,β-unsaturated/α-hetero) is 2. The number of carbonyl (C=O) groups is 2. The largest absolute Gasteiger partial charge is 0.316 e. The van der Waals surface area contributed by atoms with Crippen molar-refractivity contribution in [2.75, 3.05) is 0 Å². The zero-order chi connectivity index (χ0) is 12.3. The summed E-state index contributed by atoms with van der Waals surface area (Å²) in [6, 6.07) is 9.43. The number of ether oxygens (including phenoxy) is 1. The molecule has 0 amide bonds. The molecule has 0 radical (unpaired) electrons. The Hall–Kier alpha value is -2.50. The van der Waals surface area contributed by atoms with Gasteiger partial charge < -0.3 is 4.74 Å². The van der Waals surface area contributed by atoms with Crippen molar-refractivity contribution in [3.05, 3.63) is 35.4 Å². The number of benzene rings is 1. The molecule has 17 heavy (non-hydrogen) atoms. The van der Waals surface area contributed by atoms with Crippen LogP contribution in [0.5, 0.6) is 0 Å². The highest BCUT2D eigenvalue weighted by Crippen LogP contribution is 2.55. The van der Waals surface area contributed by atoms with Crippen LogP contribution < -0.4 is 0 Å². The second kappa shape index (κ2) is 2.60. The van der Waals surface area contributed by atoms with Crippen LogP contribution in [0.1, 0.15) is 20.7 Å². The lowest BCUT2D eigenvalue weighted by Crippen LogP contribution is -2.34. The van der Waals surface area contributed by atoms with E-state index in [9.17, 15) is 9.59 Å². The molecule has 3 rings (SSSR count). The average Bonchev–Trinajstić information content (AvgIpc) is 3.02. The van der Waals surface area contributed by atoms with Crippen LogP contribution in [0.15, 0.2) is 24.3 Å². The highest BCUT2D eigenvalue weighted by atomic mass is 16.6. The maximum absolute atomic E-state index is 12.1. The van der Waals surface area contributed by atoms with Crippen LogP contribution >= 0.6 is 0 Å². The molecular weight excluding hydrogens is 220 g/mol. The fourth-order valence-electron chi connectivity index (χ4n) is 2.21. The van der Waals surface area contributed by atoms with E-state index < -0.39 is 22.8 Å². The smallest absolute Gasteiger partial charge is 0.287 e. The van der Waals surface area contributed by atoms with E-state index >= 15 is 0 Å². The molecule has 0 aromatic heterocycles. The van der Waals surface area contributed by atoms with E-state index in [1.807, 2.05) is 0 Å². The molecule has 1 spiro atoms. The van der Waals surface area contributed by atoms with Crippen molar-refractivity contribution in [3.8, 4) is 12.1 Å². The summed E-state index contributed by atoms with van der Waals surface area (Å²) in [6.07, 6.45) is 0. The second-order valence-electron chi connectivity index (χ2n) is 3.89. The Labute approximate surface area is 95.8 Å². The van der Waals surface area contributed by atoms with Crippen LogP contribution in [0.4, 0.5) is 0 Å². The Balaban J connectivity index is 2.24. The first-order valence-electron chi connectivity index (χ1n) is 4.84. The molecule has 1 aromatic rings. The van der Waals surface area contributed by atoms with Crippen LogP contribution in [0.3, 0.4) is 0 Å². The molecule has 5 heteroatoms. The Morgan fingerprint density at radius 3 is 1.82 bits per heavy atom. The van der Waals surface area contributed by atoms with Gasteiger partial charge >= 0.3 is 0 Å². The first-order valence-corrected chi connectivity index (χ1v) is 4.84. The van der Waals surface area contributed by atoms with Crippen molar-refractivity contribution in [3.63, 3.8) is 0 Å². The lowest BCUT2D eigenvalue weighted by atomic mass is 9.90. The predicted molar refractivity (Wildman–Crippen MR) is 52.9 cm³/mol. The van der Waals surface area contributed by atoms with E-state index in [2.05, 4.69) is 0 Å². The minimum Gasteiger partial charge on any atom is -0.316 e. The third-order valence-electron chi connectivity index (χ3n) is 3.13. The molecule has 1 fully saturated rings. The number of nitrogens with zero attached hydrogens (tertiary/aromatic N) is 2. The van der Waals surface area contributed by atoms with Gasteiger partial charge in [-0.15, -0.1) is 0 Å². The molecule has 0 atom stereocenters. The molecule has 0 bridgehead atoms. The van der Waals surface area contributed by atoms with Gasteiger partial charge in [0.2, 0.25) is 11.6 Å². The van der Waals surface area contributed by atoms with Gasteiger partial charge in [-0.05, 0) is 0 Å². The van der Waals surface area contributed by atoms with Gasteiger partial charge in [-0.2, -0.15) is 10.5 Å². The number of ketones is 2. The fraction of sp³-hybridized carbons (Fsp3) is 0.167. The Morgan fingerprint density at radius 2 is 1.47 bits per heavy atom. The van der Waals surface area contributed by atoms with E-state index in [1.165, 1.54) is 12.1 Å². The number of rotatable bonds is 0. The topological polar surface area (TPSA) is 94.2 Å². The number of epoxide rings is 1. The molecule has 1 heterocycles. The summed E-state index contributed by atoms with van der Waals surface area (Å²) >= 11 is 0. The van der Waals surface area contributed by atoms with Crippen molar-refractivity contribution in [1.29, 1.82) is 10.5 Å². The van der Waals surface area contributed by atoms with Gasteiger partial charge in [0.1, 0.15) is 12.1 Å². The Bertz CT molecular complexity index is 614. The van der Waals surface area contributed by atoms with Gasteiger partial charge in [0.05, 0.1) is 0 Å². The SMILES string of the molecule is N#CC1(C#N)OC12C(=O)c1ccccc1C2=O. The summed E-state index contributed by atoms with van der Waals surface area (Å²) in [7, 11) is 0. The van der Waals surface area contributed by atoms with E-state index in [-0.39, 0.29) is 11.1 Å². The summed E-state index contributed by atoms with van der Waals surface area (Å²) in [5.74, 6) is -1.19. The molecule has 5 nitrogen and oxygen atoms in total. The normalized spacial score (nSPS) is 21.8. The van der Waals surface area contributed by atoms with Gasteiger partial charge in [-0.25, -0.2) is 0 Å². The number of hydrogen-bond donors (Lipinski definition) is 0. The summed E-state index contributed by atoms with van der Waals surface area (Å²) < 4.78 is 4.94. The first-order chi connectivity index (χ1) is 8.13. The number of hydrogen-bond acceptors (Lipinski definition) is 5. The standard InChI is InChI=1S/C12H4N2O3/c13-5-11(6-14)12(17-11)9(15)7-3-1-2-4-8(7)10(12)16/h1-4H. The van der Waals surface area contributed by atoms with Crippen molar-refractivity contribution in [2.24, 2.45) is 0 Å². The Morgan fingerprint density at radius 1 is 1.00 bits per heavy atom. The molecule has 1 saturated heterocycles. The van der Waals surface area contributed by atoms with Gasteiger partial charge in [-0.1, -0.05) is 24.3 Å². The minimum absolute atomic E-state index is 0.213. The number of carbonyl (C=O) groups excluding carboxylic acids is 2. The average molecular weight is 224 g/mol. The predicted octanol–water partition coefficient (Wildman–Crippen LogP) is 0.621. The van der Waals surface area contributed by atoms with Gasteiger partial charge in [-0.3, -0.25) is 9.59 Å². The lowest BCUT2D eigenvalue weighted by molar-refractivity contribution is 0.0785. The molecule has 80 valence electrons. The van der Waals surface area contributed by atoms with Crippen LogP contribution in [-0.4, -0.2) is 22.8 Å². The number of nitriles is 2. The van der Waals surface area contributed by atoms with Crippen molar-refractivity contribution in [1.82, 2.24) is 0 Å². The Kier molecular flexibility index (Phi) is 1.48. The molecule has 1 aliphatic heterocycles. The first kappa shape index (κ1) is 9.71. The van der Waals surface area contributed by atoms with Crippen molar-refractivity contribution < 1.29 is 14.3 Å². The monoisotopic (exact) mass is 224 g/mol. The molecule has 0 saturated carbocycles. The molecule has 2 aliphatic rings. The summed E-state index contributed by atoms with van der Waals surface area (Å²) in [6.45, 7) is 0. The third-order valence-corrected chi connectivity index (χ3v) is 3.13. The second-order valence-corrected chi connectivity index (χ2v) is 3.89. The number of fused-ring (bicyclic) bond motifs is 1. The summed E-state index contributed by atoms with van der Waals surface area (Å²) in [5.41, 5.74) is -3.45. The fourth-order valence-corrected chi connectivity index (χ4v) is 2.21. The van der Waals surface area contributed by atoms with Gasteiger partial charge in [0, 0.05) is 11.1 Å². The van der Waals surface area contributed by atoms with Gasteiger partial charge in [0.15, 0.2) is 0 Å². The quantitative estimate of drug-likeness (QED) is 0.475. The summed E-state index contributed by atoms with van der Waals surface area (Å²) in [4.78, 5) is 24.2. The van der Waals surface area contributed by atoms with Crippen LogP contribution in [-0.2, 0) is 4.74 Å². The van der Waals surface area contributed by atoms with Crippen molar-refractivity contribution >= 4 is 11.6 Å². The van der Waals surface area contributed by atoms with Crippen LogP contribution in [0, 0.1) is 22.7 Å². The molecular formula is C12H4N2O3. The van der Waals surface area contributed by atoms with Crippen LogP contribution in [0.2, 0.25) is 0 Å². The zero-order valence-electron chi connectivity index (χ0n) is 8.43. The van der Waals surface area contributed by atoms with E-state index in [0.29, 0.717) is 0 Å². The lowest BCUT2D eigenvalue weighted by Gasteiger charge is -1.97. The third kappa shape index (κ3) is 0.791. The molecule has 1 aliphatic carbocycles. The van der Waals surface area contributed by atoms with E-state index in [4.69, 9.17) is 15.3 Å².